The molecule has 0 amide bonds. The minimum Gasteiger partial charge on any atom is -0.258 e. The zero-order chi connectivity index (χ0) is 21.0. The van der Waals surface area contributed by atoms with E-state index >= 15 is 0 Å². The first-order valence-electron chi connectivity index (χ1n) is 10.3. The maximum absolute atomic E-state index is 13.5. The molecule has 1 fully saturated rings. The second kappa shape index (κ2) is 9.32. The summed E-state index contributed by atoms with van der Waals surface area (Å²) in [5.41, 5.74) is 3.81. The number of hydrogen-bond acceptors (Lipinski definition) is 3. The van der Waals surface area contributed by atoms with Gasteiger partial charge in [0, 0.05) is 43.5 Å². The lowest BCUT2D eigenvalue weighted by Crippen LogP contribution is -2.47. The molecule has 1 atom stereocenters. The van der Waals surface area contributed by atoms with E-state index in [4.69, 9.17) is 4.98 Å². The molecule has 0 bridgehead atoms. The zero-order valence-electron chi connectivity index (χ0n) is 17.4. The Labute approximate surface area is 173 Å². The largest absolute Gasteiger partial charge is 0.281 e. The van der Waals surface area contributed by atoms with Gasteiger partial charge in [-0.1, -0.05) is 26.0 Å². The van der Waals surface area contributed by atoms with Crippen LogP contribution in [0.15, 0.2) is 36.4 Å². The van der Waals surface area contributed by atoms with Crippen LogP contribution in [0.2, 0.25) is 0 Å². The molecule has 1 aromatic carbocycles. The fourth-order valence-corrected chi connectivity index (χ4v) is 5.78. The van der Waals surface area contributed by atoms with Crippen molar-refractivity contribution in [3.8, 4) is 0 Å². The Bertz CT molecular complexity index is 945. The van der Waals surface area contributed by atoms with Gasteiger partial charge in [0.05, 0.1) is 0 Å². The van der Waals surface area contributed by atoms with Crippen molar-refractivity contribution in [3.05, 3.63) is 64.7 Å². The number of aromatic nitrogens is 1. The Morgan fingerprint density at radius 2 is 1.93 bits per heavy atom. The van der Waals surface area contributed by atoms with Gasteiger partial charge in [0.2, 0.25) is 0 Å². The molecule has 2 heterocycles. The van der Waals surface area contributed by atoms with Crippen molar-refractivity contribution in [3.63, 3.8) is 0 Å². The van der Waals surface area contributed by atoms with Crippen LogP contribution in [0.3, 0.4) is 0 Å². The highest BCUT2D eigenvalue weighted by molar-refractivity contribution is 7.86. The minimum atomic E-state index is -3.44. The van der Waals surface area contributed by atoms with E-state index in [1.807, 2.05) is 32.9 Å². The van der Waals surface area contributed by atoms with Crippen LogP contribution >= 0.6 is 0 Å². The van der Waals surface area contributed by atoms with Crippen molar-refractivity contribution in [1.29, 1.82) is 0 Å². The van der Waals surface area contributed by atoms with Crippen LogP contribution in [-0.2, 0) is 16.6 Å². The third-order valence-corrected chi connectivity index (χ3v) is 7.64. The maximum Gasteiger partial charge on any atom is 0.281 e. The second-order valence-electron chi connectivity index (χ2n) is 7.64. The van der Waals surface area contributed by atoms with Gasteiger partial charge in [0.1, 0.15) is 5.82 Å². The van der Waals surface area contributed by atoms with E-state index in [-0.39, 0.29) is 11.7 Å². The summed E-state index contributed by atoms with van der Waals surface area (Å²) in [4.78, 5) is 4.71. The molecule has 1 saturated heterocycles. The molecule has 5 nitrogen and oxygen atoms in total. The van der Waals surface area contributed by atoms with E-state index in [0.717, 1.165) is 35.4 Å². The third kappa shape index (κ3) is 5.21. The molecule has 7 heteroatoms. The molecule has 0 N–H and O–H groups in total. The van der Waals surface area contributed by atoms with E-state index in [2.05, 4.69) is 6.07 Å². The fourth-order valence-electron chi connectivity index (χ4n) is 4.07. The zero-order valence-corrected chi connectivity index (χ0v) is 18.3. The van der Waals surface area contributed by atoms with Gasteiger partial charge in [-0.15, -0.1) is 0 Å². The topological polar surface area (TPSA) is 53.5 Å². The summed E-state index contributed by atoms with van der Waals surface area (Å²) in [7, 11) is -3.44. The molecule has 29 heavy (non-hydrogen) atoms. The Morgan fingerprint density at radius 3 is 2.62 bits per heavy atom. The SMILES string of the molecule is CCN(CC)S(=O)(=O)N1CCC[C@@H](c2cc(Cc3cccc(F)c3)cc(C)n2)C1. The highest BCUT2D eigenvalue weighted by Crippen LogP contribution is 2.29. The number of aryl methyl sites for hydroxylation is 1. The van der Waals surface area contributed by atoms with Crippen LogP contribution in [0.1, 0.15) is 55.1 Å². The Hall–Kier alpha value is -1.83. The molecule has 3 rings (SSSR count). The van der Waals surface area contributed by atoms with Crippen molar-refractivity contribution in [2.45, 2.75) is 46.0 Å². The maximum atomic E-state index is 13.5. The van der Waals surface area contributed by atoms with Gasteiger partial charge in [0.25, 0.3) is 10.2 Å². The van der Waals surface area contributed by atoms with Crippen LogP contribution in [0.25, 0.3) is 0 Å². The van der Waals surface area contributed by atoms with Crippen molar-refractivity contribution < 1.29 is 12.8 Å². The lowest BCUT2D eigenvalue weighted by atomic mass is 9.93. The lowest BCUT2D eigenvalue weighted by Gasteiger charge is -2.35. The first-order valence-corrected chi connectivity index (χ1v) is 11.7. The van der Waals surface area contributed by atoms with Crippen molar-refractivity contribution in [1.82, 2.24) is 13.6 Å². The molecule has 1 aromatic heterocycles. The average Bonchev–Trinajstić information content (AvgIpc) is 2.68. The molecule has 0 spiro atoms. The van der Waals surface area contributed by atoms with Crippen molar-refractivity contribution >= 4 is 10.2 Å². The molecule has 0 radical (unpaired) electrons. The normalized spacial score (nSPS) is 18.3. The summed E-state index contributed by atoms with van der Waals surface area (Å²) >= 11 is 0. The summed E-state index contributed by atoms with van der Waals surface area (Å²) in [6, 6.07) is 10.7. The summed E-state index contributed by atoms with van der Waals surface area (Å²) in [5, 5.41) is 0. The lowest BCUT2D eigenvalue weighted by molar-refractivity contribution is 0.285. The molecule has 158 valence electrons. The standard InChI is InChI=1S/C22H30FN3O2S/c1-4-25(5-2)29(27,28)26-11-7-9-20(16-26)22-15-19(12-17(3)24-22)13-18-8-6-10-21(23)14-18/h6,8,10,12,14-15,20H,4-5,7,9,11,13,16H2,1-3H3/t20-/m1/s1. The van der Waals surface area contributed by atoms with Crippen LogP contribution in [-0.4, -0.2) is 48.2 Å². The Morgan fingerprint density at radius 1 is 1.17 bits per heavy atom. The summed E-state index contributed by atoms with van der Waals surface area (Å²) in [5.74, 6) is -0.168. The molecule has 2 aromatic rings. The van der Waals surface area contributed by atoms with Gasteiger partial charge < -0.3 is 0 Å². The number of piperidine rings is 1. The molecular formula is C22H30FN3O2S. The molecule has 0 aliphatic carbocycles. The van der Waals surface area contributed by atoms with Crippen LogP contribution in [0.5, 0.6) is 0 Å². The predicted octanol–water partition coefficient (Wildman–Crippen LogP) is 3.89. The van der Waals surface area contributed by atoms with E-state index < -0.39 is 10.2 Å². The van der Waals surface area contributed by atoms with Gasteiger partial charge in [-0.05, 0) is 61.6 Å². The van der Waals surface area contributed by atoms with E-state index in [1.54, 1.807) is 16.4 Å². The number of pyridine rings is 1. The van der Waals surface area contributed by atoms with Crippen LogP contribution in [0, 0.1) is 12.7 Å². The molecule has 0 unspecified atom stereocenters. The Kier molecular flexibility index (Phi) is 7.03. The first kappa shape index (κ1) is 21.9. The second-order valence-corrected chi connectivity index (χ2v) is 9.57. The van der Waals surface area contributed by atoms with E-state index in [0.29, 0.717) is 32.6 Å². The molecular weight excluding hydrogens is 389 g/mol. The van der Waals surface area contributed by atoms with Gasteiger partial charge in [0.15, 0.2) is 0 Å². The molecule has 1 aliphatic rings. The van der Waals surface area contributed by atoms with Gasteiger partial charge in [-0.2, -0.15) is 17.0 Å². The summed E-state index contributed by atoms with van der Waals surface area (Å²) in [6.45, 7) is 7.63. The van der Waals surface area contributed by atoms with Crippen molar-refractivity contribution in [2.75, 3.05) is 26.2 Å². The van der Waals surface area contributed by atoms with E-state index in [1.165, 1.54) is 10.4 Å². The number of halogens is 1. The molecule has 1 aliphatic heterocycles. The highest BCUT2D eigenvalue weighted by atomic mass is 32.2. The number of rotatable bonds is 7. The van der Waals surface area contributed by atoms with Crippen LogP contribution < -0.4 is 0 Å². The highest BCUT2D eigenvalue weighted by Gasteiger charge is 2.33. The van der Waals surface area contributed by atoms with Crippen LogP contribution in [0.4, 0.5) is 4.39 Å². The van der Waals surface area contributed by atoms with Gasteiger partial charge in [-0.3, -0.25) is 4.98 Å². The summed E-state index contributed by atoms with van der Waals surface area (Å²) in [6.07, 6.45) is 2.36. The predicted molar refractivity (Wildman–Crippen MR) is 114 cm³/mol. The van der Waals surface area contributed by atoms with Gasteiger partial charge in [-0.25, -0.2) is 4.39 Å². The number of hydrogen-bond donors (Lipinski definition) is 0. The number of nitrogens with zero attached hydrogens (tertiary/aromatic N) is 3. The quantitative estimate of drug-likeness (QED) is 0.684. The first-order chi connectivity index (χ1) is 13.8. The molecule has 0 saturated carbocycles. The van der Waals surface area contributed by atoms with Gasteiger partial charge >= 0.3 is 0 Å². The third-order valence-electron chi connectivity index (χ3n) is 5.49. The van der Waals surface area contributed by atoms with E-state index in [9.17, 15) is 12.8 Å². The number of benzene rings is 1. The minimum absolute atomic E-state index is 0.0697. The summed E-state index contributed by atoms with van der Waals surface area (Å²) < 4.78 is 42.5. The smallest absolute Gasteiger partial charge is 0.258 e. The Balaban J connectivity index is 1.82. The monoisotopic (exact) mass is 419 g/mol. The van der Waals surface area contributed by atoms with Crippen molar-refractivity contribution in [2.24, 2.45) is 0 Å². The average molecular weight is 420 g/mol. The fraction of sp³-hybridized carbons (Fsp3) is 0.500.